The van der Waals surface area contributed by atoms with Gasteiger partial charge in [-0.25, -0.2) is 0 Å². The molecule has 3 rings (SSSR count). The fraction of sp³-hybridized carbons (Fsp3) is 0.542. The van der Waals surface area contributed by atoms with Crippen LogP contribution in [0, 0.1) is 0 Å². The number of ether oxygens (including phenoxy) is 1. The van der Waals surface area contributed by atoms with Crippen molar-refractivity contribution in [3.05, 3.63) is 51.7 Å². The summed E-state index contributed by atoms with van der Waals surface area (Å²) in [5, 5.41) is 11.8. The van der Waals surface area contributed by atoms with Crippen molar-refractivity contribution in [3.63, 3.8) is 0 Å². The van der Waals surface area contributed by atoms with Gasteiger partial charge in [0.2, 0.25) is 5.91 Å². The van der Waals surface area contributed by atoms with E-state index in [1.165, 1.54) is 16.0 Å². The Bertz CT molecular complexity index is 816. The van der Waals surface area contributed by atoms with E-state index in [-0.39, 0.29) is 11.9 Å². The summed E-state index contributed by atoms with van der Waals surface area (Å²) in [5.41, 5.74) is 2.49. The maximum Gasteiger partial charge on any atom is 0.237 e. The zero-order valence-corrected chi connectivity index (χ0v) is 19.3. The van der Waals surface area contributed by atoms with Gasteiger partial charge in [0.15, 0.2) is 0 Å². The average molecular weight is 431 g/mol. The van der Waals surface area contributed by atoms with E-state index in [1.807, 2.05) is 28.9 Å². The van der Waals surface area contributed by atoms with Gasteiger partial charge in [-0.1, -0.05) is 32.9 Å². The third kappa shape index (κ3) is 5.62. The zero-order valence-electron chi connectivity index (χ0n) is 18.5. The first-order valence-corrected chi connectivity index (χ1v) is 11.8. The zero-order chi connectivity index (χ0) is 21.7. The van der Waals surface area contributed by atoms with Gasteiger partial charge < -0.3 is 14.7 Å². The van der Waals surface area contributed by atoms with Crippen molar-refractivity contribution in [2.24, 2.45) is 0 Å². The fourth-order valence-corrected chi connectivity index (χ4v) is 4.89. The quantitative estimate of drug-likeness (QED) is 0.651. The highest BCUT2D eigenvalue weighted by molar-refractivity contribution is 7.10. The van der Waals surface area contributed by atoms with Crippen molar-refractivity contribution in [3.8, 4) is 5.75 Å². The minimum atomic E-state index is -0.449. The largest absolute Gasteiger partial charge is 0.491 e. The predicted molar refractivity (Wildman–Crippen MR) is 122 cm³/mol. The standard InChI is InChI=1S/C24H34N2O3S/c1-5-25(14-18(4)27)15-24(28)26-12-10-23-21(11-13-30-23)22(26)16-29-20-8-6-19(7-9-20)17(2)3/h6-9,11,13,17-18,22,27H,5,10,12,14-16H2,1-4H3/t18-,22-/m0/s1. The van der Waals surface area contributed by atoms with Gasteiger partial charge in [-0.3, -0.25) is 9.69 Å². The van der Waals surface area contributed by atoms with Gasteiger partial charge in [0.25, 0.3) is 0 Å². The molecule has 0 unspecified atom stereocenters. The number of likely N-dealkylation sites (N-methyl/N-ethyl adjacent to an activating group) is 1. The summed E-state index contributed by atoms with van der Waals surface area (Å²) in [6.07, 6.45) is 0.441. The Morgan fingerprint density at radius 1 is 1.27 bits per heavy atom. The van der Waals surface area contributed by atoms with Crippen molar-refractivity contribution < 1.29 is 14.6 Å². The van der Waals surface area contributed by atoms with Crippen LogP contribution in [0.5, 0.6) is 5.75 Å². The summed E-state index contributed by atoms with van der Waals surface area (Å²) in [6, 6.07) is 10.3. The summed E-state index contributed by atoms with van der Waals surface area (Å²) >= 11 is 1.76. The lowest BCUT2D eigenvalue weighted by molar-refractivity contribution is -0.136. The van der Waals surface area contributed by atoms with Gasteiger partial charge in [-0.15, -0.1) is 11.3 Å². The molecule has 2 aromatic rings. The van der Waals surface area contributed by atoms with E-state index in [0.717, 1.165) is 18.7 Å². The van der Waals surface area contributed by atoms with Crippen molar-refractivity contribution >= 4 is 17.2 Å². The number of carbonyl (C=O) groups excluding carboxylic acids is 1. The predicted octanol–water partition coefficient (Wildman–Crippen LogP) is 4.08. The molecule has 0 saturated carbocycles. The number of amides is 1. The number of fused-ring (bicyclic) bond motifs is 1. The number of hydrogen-bond donors (Lipinski definition) is 1. The van der Waals surface area contributed by atoms with Gasteiger partial charge in [0.1, 0.15) is 12.4 Å². The SMILES string of the molecule is CCN(CC(=O)N1CCc2sccc2[C@@H]1COc1ccc(C(C)C)cc1)C[C@H](C)O. The third-order valence-electron chi connectivity index (χ3n) is 5.70. The first kappa shape index (κ1) is 22.8. The Morgan fingerprint density at radius 3 is 2.63 bits per heavy atom. The van der Waals surface area contributed by atoms with Crippen molar-refractivity contribution in [1.29, 1.82) is 0 Å². The van der Waals surface area contributed by atoms with E-state index in [2.05, 4.69) is 37.4 Å². The van der Waals surface area contributed by atoms with Crippen LogP contribution in [0.2, 0.25) is 0 Å². The van der Waals surface area contributed by atoms with E-state index >= 15 is 0 Å². The molecule has 164 valence electrons. The van der Waals surface area contributed by atoms with Gasteiger partial charge >= 0.3 is 0 Å². The molecule has 1 aliphatic heterocycles. The maximum absolute atomic E-state index is 13.2. The minimum Gasteiger partial charge on any atom is -0.491 e. The molecular formula is C24H34N2O3S. The van der Waals surface area contributed by atoms with Crippen LogP contribution in [0.15, 0.2) is 35.7 Å². The van der Waals surface area contributed by atoms with Crippen LogP contribution in [0.1, 0.15) is 55.7 Å². The molecular weight excluding hydrogens is 396 g/mol. The minimum absolute atomic E-state index is 0.0810. The third-order valence-corrected chi connectivity index (χ3v) is 6.69. The van der Waals surface area contributed by atoms with Crippen LogP contribution in [0.3, 0.4) is 0 Å². The molecule has 5 nitrogen and oxygen atoms in total. The van der Waals surface area contributed by atoms with E-state index in [9.17, 15) is 9.90 Å². The van der Waals surface area contributed by atoms with Crippen molar-refractivity contribution in [2.45, 2.75) is 52.2 Å². The van der Waals surface area contributed by atoms with Crippen LogP contribution in [-0.4, -0.2) is 59.7 Å². The summed E-state index contributed by atoms with van der Waals surface area (Å²) in [6.45, 7) is 10.8. The normalized spacial score (nSPS) is 17.3. The Labute approximate surface area is 184 Å². The monoisotopic (exact) mass is 430 g/mol. The Hall–Kier alpha value is -1.89. The molecule has 0 spiro atoms. The van der Waals surface area contributed by atoms with Gasteiger partial charge in [-0.2, -0.15) is 0 Å². The molecule has 6 heteroatoms. The molecule has 0 aliphatic carbocycles. The first-order chi connectivity index (χ1) is 14.4. The van der Waals surface area contributed by atoms with Crippen molar-refractivity contribution in [2.75, 3.05) is 32.8 Å². The van der Waals surface area contributed by atoms with E-state index in [1.54, 1.807) is 18.3 Å². The number of hydrogen-bond acceptors (Lipinski definition) is 5. The number of benzene rings is 1. The highest BCUT2D eigenvalue weighted by Gasteiger charge is 2.32. The Kier molecular flexibility index (Phi) is 7.92. The van der Waals surface area contributed by atoms with Gasteiger partial charge in [0, 0.05) is 18.0 Å². The van der Waals surface area contributed by atoms with Crippen molar-refractivity contribution in [1.82, 2.24) is 9.80 Å². The number of thiophene rings is 1. The average Bonchev–Trinajstić information content (AvgIpc) is 3.20. The molecule has 2 heterocycles. The van der Waals surface area contributed by atoms with Crippen LogP contribution in [0.25, 0.3) is 0 Å². The highest BCUT2D eigenvalue weighted by Crippen LogP contribution is 2.34. The summed E-state index contributed by atoms with van der Waals surface area (Å²) in [5.74, 6) is 1.42. The molecule has 0 bridgehead atoms. The first-order valence-electron chi connectivity index (χ1n) is 10.9. The van der Waals surface area contributed by atoms with Crippen LogP contribution in [0.4, 0.5) is 0 Å². The molecule has 30 heavy (non-hydrogen) atoms. The topological polar surface area (TPSA) is 53.0 Å². The molecule has 0 saturated heterocycles. The Morgan fingerprint density at radius 2 is 2.00 bits per heavy atom. The second-order valence-corrected chi connectivity index (χ2v) is 9.36. The number of nitrogens with zero attached hydrogens (tertiary/aromatic N) is 2. The Balaban J connectivity index is 1.72. The lowest BCUT2D eigenvalue weighted by atomic mass is 10.00. The van der Waals surface area contributed by atoms with Crippen LogP contribution >= 0.6 is 11.3 Å². The highest BCUT2D eigenvalue weighted by atomic mass is 32.1. The molecule has 2 atom stereocenters. The second kappa shape index (κ2) is 10.4. The smallest absolute Gasteiger partial charge is 0.237 e. The summed E-state index contributed by atoms with van der Waals surface area (Å²) in [7, 11) is 0. The molecule has 1 amide bonds. The molecule has 1 aromatic heterocycles. The summed E-state index contributed by atoms with van der Waals surface area (Å²) in [4.78, 5) is 18.5. The maximum atomic E-state index is 13.2. The molecule has 1 N–H and O–H groups in total. The molecule has 0 radical (unpaired) electrons. The van der Waals surface area contributed by atoms with Crippen LogP contribution in [-0.2, 0) is 11.2 Å². The summed E-state index contributed by atoms with van der Waals surface area (Å²) < 4.78 is 6.14. The number of aliphatic hydroxyl groups is 1. The van der Waals surface area contributed by atoms with E-state index in [0.29, 0.717) is 32.2 Å². The number of rotatable bonds is 9. The van der Waals surface area contributed by atoms with E-state index < -0.39 is 6.10 Å². The molecule has 1 aromatic carbocycles. The fourth-order valence-electron chi connectivity index (χ4n) is 3.96. The second-order valence-electron chi connectivity index (χ2n) is 8.36. The van der Waals surface area contributed by atoms with Gasteiger partial charge in [0.05, 0.1) is 18.7 Å². The van der Waals surface area contributed by atoms with E-state index in [4.69, 9.17) is 4.74 Å². The number of carbonyl (C=O) groups is 1. The van der Waals surface area contributed by atoms with Gasteiger partial charge in [-0.05, 0) is 60.5 Å². The van der Waals surface area contributed by atoms with Crippen LogP contribution < -0.4 is 4.74 Å². The molecule has 0 fully saturated rings. The molecule has 1 aliphatic rings. The lowest BCUT2D eigenvalue weighted by Gasteiger charge is -2.37. The number of aliphatic hydroxyl groups excluding tert-OH is 1. The lowest BCUT2D eigenvalue weighted by Crippen LogP contribution is -2.47.